The number of carbonyl (C=O) groups is 1. The van der Waals surface area contributed by atoms with Crippen LogP contribution in [0.1, 0.15) is 30.1 Å². The van der Waals surface area contributed by atoms with Crippen molar-refractivity contribution >= 4 is 27.3 Å². The topological polar surface area (TPSA) is 63.2 Å². The van der Waals surface area contributed by atoms with Gasteiger partial charge < -0.3 is 5.32 Å². The maximum atomic E-state index is 12.0. The van der Waals surface area contributed by atoms with Gasteiger partial charge in [0.05, 0.1) is 4.90 Å². The van der Waals surface area contributed by atoms with E-state index in [1.54, 1.807) is 12.1 Å². The van der Waals surface area contributed by atoms with Crippen LogP contribution in [0.15, 0.2) is 29.2 Å². The number of hydrogen-bond donors (Lipinski definition) is 1. The van der Waals surface area contributed by atoms with E-state index in [0.717, 1.165) is 19.1 Å². The Hall–Kier alpha value is -1.07. The van der Waals surface area contributed by atoms with Gasteiger partial charge >= 0.3 is 0 Å². The molecule has 1 amide bonds. The van der Waals surface area contributed by atoms with Gasteiger partial charge in [-0.05, 0) is 30.5 Å². The lowest BCUT2D eigenvalue weighted by atomic mass is 10.0. The average molecular weight is 318 g/mol. The van der Waals surface area contributed by atoms with Gasteiger partial charge in [0, 0.05) is 24.2 Å². The van der Waals surface area contributed by atoms with E-state index < -0.39 is 9.84 Å². The first-order valence-corrected chi connectivity index (χ1v) is 8.95. The summed E-state index contributed by atoms with van der Waals surface area (Å²) in [5.74, 6) is 0.649. The third-order valence-electron chi connectivity index (χ3n) is 3.17. The highest BCUT2D eigenvalue weighted by Crippen LogP contribution is 2.12. The Bertz CT molecular complexity index is 557. The molecule has 20 heavy (non-hydrogen) atoms. The van der Waals surface area contributed by atoms with Gasteiger partial charge in [-0.1, -0.05) is 19.4 Å². The lowest BCUT2D eigenvalue weighted by Gasteiger charge is -2.14. The number of amides is 1. The second-order valence-corrected chi connectivity index (χ2v) is 7.16. The quantitative estimate of drug-likeness (QED) is 0.786. The number of alkyl halides is 1. The van der Waals surface area contributed by atoms with Crippen LogP contribution in [0.2, 0.25) is 0 Å². The summed E-state index contributed by atoms with van der Waals surface area (Å²) in [6.45, 7) is 2.60. The smallest absolute Gasteiger partial charge is 0.251 e. The van der Waals surface area contributed by atoms with E-state index in [9.17, 15) is 13.2 Å². The van der Waals surface area contributed by atoms with Crippen molar-refractivity contribution in [3.63, 3.8) is 0 Å². The van der Waals surface area contributed by atoms with Crippen LogP contribution in [0.25, 0.3) is 0 Å². The van der Waals surface area contributed by atoms with E-state index in [1.807, 2.05) is 6.92 Å². The number of rotatable bonds is 7. The fraction of sp³-hybridized carbons (Fsp3) is 0.500. The summed E-state index contributed by atoms with van der Waals surface area (Å²) >= 11 is 5.70. The largest absolute Gasteiger partial charge is 0.352 e. The highest BCUT2D eigenvalue weighted by molar-refractivity contribution is 7.90. The Morgan fingerprint density at radius 2 is 2.10 bits per heavy atom. The van der Waals surface area contributed by atoms with E-state index in [0.29, 0.717) is 23.9 Å². The number of benzene rings is 1. The minimum Gasteiger partial charge on any atom is -0.352 e. The zero-order valence-corrected chi connectivity index (χ0v) is 13.3. The maximum absolute atomic E-state index is 12.0. The number of carbonyl (C=O) groups excluding carboxylic acids is 1. The summed E-state index contributed by atoms with van der Waals surface area (Å²) in [7, 11) is -3.30. The van der Waals surface area contributed by atoms with Crippen LogP contribution in [0.3, 0.4) is 0 Å². The number of hydrogen-bond acceptors (Lipinski definition) is 3. The van der Waals surface area contributed by atoms with Gasteiger partial charge in [0.15, 0.2) is 9.84 Å². The molecule has 0 saturated heterocycles. The normalized spacial score (nSPS) is 12.9. The molecule has 6 heteroatoms. The summed E-state index contributed by atoms with van der Waals surface area (Å²) in [6.07, 6.45) is 2.91. The Balaban J connectivity index is 2.73. The zero-order chi connectivity index (χ0) is 15.2. The lowest BCUT2D eigenvalue weighted by molar-refractivity contribution is 0.0946. The molecule has 0 spiro atoms. The highest BCUT2D eigenvalue weighted by atomic mass is 35.5. The monoisotopic (exact) mass is 317 g/mol. The SMILES string of the molecule is CCC(CCCl)CNC(=O)c1cccc(S(C)(=O)=O)c1. The molecule has 0 bridgehead atoms. The summed E-state index contributed by atoms with van der Waals surface area (Å²) < 4.78 is 22.9. The van der Waals surface area contributed by atoms with Crippen LogP contribution in [-0.4, -0.2) is 33.0 Å². The van der Waals surface area contributed by atoms with Gasteiger partial charge in [-0.2, -0.15) is 0 Å². The minimum atomic E-state index is -3.30. The summed E-state index contributed by atoms with van der Waals surface area (Å²) in [5, 5.41) is 2.82. The van der Waals surface area contributed by atoms with E-state index in [2.05, 4.69) is 5.32 Å². The number of halogens is 1. The molecule has 1 rings (SSSR count). The van der Waals surface area contributed by atoms with Crippen LogP contribution in [0, 0.1) is 5.92 Å². The van der Waals surface area contributed by atoms with Crippen molar-refractivity contribution in [3.8, 4) is 0 Å². The first-order valence-electron chi connectivity index (χ1n) is 6.52. The average Bonchev–Trinajstić information content (AvgIpc) is 2.42. The zero-order valence-electron chi connectivity index (χ0n) is 11.7. The molecule has 0 fully saturated rings. The third kappa shape index (κ3) is 5.13. The van der Waals surface area contributed by atoms with Gasteiger partial charge in [-0.3, -0.25) is 4.79 Å². The van der Waals surface area contributed by atoms with Crippen LogP contribution in [0.4, 0.5) is 0 Å². The Morgan fingerprint density at radius 1 is 1.40 bits per heavy atom. The molecule has 0 radical (unpaired) electrons. The van der Waals surface area contributed by atoms with Gasteiger partial charge in [0.2, 0.25) is 0 Å². The van der Waals surface area contributed by atoms with Crippen LogP contribution >= 0.6 is 11.6 Å². The second-order valence-electron chi connectivity index (χ2n) is 4.76. The first kappa shape index (κ1) is 17.0. The van der Waals surface area contributed by atoms with Crippen molar-refractivity contribution < 1.29 is 13.2 Å². The molecular weight excluding hydrogens is 298 g/mol. The molecule has 0 aromatic heterocycles. The van der Waals surface area contributed by atoms with Crippen molar-refractivity contribution in [1.29, 1.82) is 0 Å². The number of nitrogens with one attached hydrogen (secondary N) is 1. The predicted molar refractivity (Wildman–Crippen MR) is 81.0 cm³/mol. The van der Waals surface area contributed by atoms with Gasteiger partial charge in [-0.15, -0.1) is 11.6 Å². The molecule has 1 aromatic rings. The summed E-state index contributed by atoms with van der Waals surface area (Å²) in [5.41, 5.74) is 0.355. The Morgan fingerprint density at radius 3 is 2.65 bits per heavy atom. The molecule has 0 aliphatic heterocycles. The summed E-state index contributed by atoms with van der Waals surface area (Å²) in [4.78, 5) is 12.2. The third-order valence-corrected chi connectivity index (χ3v) is 4.50. The Labute approximate surface area is 125 Å². The van der Waals surface area contributed by atoms with Gasteiger partial charge in [0.1, 0.15) is 0 Å². The van der Waals surface area contributed by atoms with Gasteiger partial charge in [0.25, 0.3) is 5.91 Å². The van der Waals surface area contributed by atoms with E-state index >= 15 is 0 Å². The van der Waals surface area contributed by atoms with Crippen molar-refractivity contribution in [2.45, 2.75) is 24.7 Å². The Kier molecular flexibility index (Phi) is 6.49. The number of sulfone groups is 1. The van der Waals surface area contributed by atoms with Gasteiger partial charge in [-0.25, -0.2) is 8.42 Å². The fourth-order valence-electron chi connectivity index (χ4n) is 1.81. The van der Waals surface area contributed by atoms with Crippen molar-refractivity contribution in [3.05, 3.63) is 29.8 Å². The van der Waals surface area contributed by atoms with E-state index in [-0.39, 0.29) is 10.8 Å². The van der Waals surface area contributed by atoms with Crippen LogP contribution < -0.4 is 5.32 Å². The van der Waals surface area contributed by atoms with Crippen molar-refractivity contribution in [2.24, 2.45) is 5.92 Å². The first-order chi connectivity index (χ1) is 9.38. The molecule has 4 nitrogen and oxygen atoms in total. The highest BCUT2D eigenvalue weighted by Gasteiger charge is 2.13. The standard InChI is InChI=1S/C14H20ClNO3S/c1-3-11(7-8-15)10-16-14(17)12-5-4-6-13(9-12)20(2,18)19/h4-6,9,11H,3,7-8,10H2,1-2H3,(H,16,17). The fourth-order valence-corrected chi connectivity index (χ4v) is 2.79. The molecule has 1 atom stereocenters. The van der Waals surface area contributed by atoms with Crippen molar-refractivity contribution in [2.75, 3.05) is 18.7 Å². The maximum Gasteiger partial charge on any atom is 0.251 e. The van der Waals surface area contributed by atoms with E-state index in [1.165, 1.54) is 12.1 Å². The lowest BCUT2D eigenvalue weighted by Crippen LogP contribution is -2.29. The minimum absolute atomic E-state index is 0.151. The predicted octanol–water partition coefficient (Wildman–Crippen LogP) is 2.48. The second kappa shape index (κ2) is 7.64. The molecule has 0 heterocycles. The van der Waals surface area contributed by atoms with Crippen LogP contribution in [-0.2, 0) is 9.84 Å². The molecule has 0 aliphatic rings. The van der Waals surface area contributed by atoms with E-state index in [4.69, 9.17) is 11.6 Å². The molecule has 1 N–H and O–H groups in total. The molecule has 112 valence electrons. The van der Waals surface area contributed by atoms with Crippen molar-refractivity contribution in [1.82, 2.24) is 5.32 Å². The molecule has 1 aromatic carbocycles. The molecular formula is C14H20ClNO3S. The molecule has 0 aliphatic carbocycles. The molecule has 0 saturated carbocycles. The molecule has 1 unspecified atom stereocenters. The summed E-state index contributed by atoms with van der Waals surface area (Å²) in [6, 6.07) is 6.05. The van der Waals surface area contributed by atoms with Crippen LogP contribution in [0.5, 0.6) is 0 Å².